The molecule has 0 amide bonds. The van der Waals surface area contributed by atoms with Gasteiger partial charge in [-0.25, -0.2) is 0 Å². The van der Waals surface area contributed by atoms with Gasteiger partial charge in [0.1, 0.15) is 0 Å². The van der Waals surface area contributed by atoms with Crippen LogP contribution in [0, 0.1) is 0 Å². The van der Waals surface area contributed by atoms with Crippen LogP contribution in [0.15, 0.2) is 50.5 Å². The van der Waals surface area contributed by atoms with Gasteiger partial charge in [0.05, 0.1) is 21.3 Å². The number of nitrogens with zero attached hydrogens (tertiary/aromatic N) is 2. The van der Waals surface area contributed by atoms with Crippen molar-refractivity contribution in [1.82, 2.24) is 10.2 Å². The van der Waals surface area contributed by atoms with Crippen molar-refractivity contribution in [2.24, 2.45) is 0 Å². The minimum Gasteiger partial charge on any atom is -0.493 e. The Labute approximate surface area is 164 Å². The van der Waals surface area contributed by atoms with Gasteiger partial charge in [0.25, 0.3) is 5.22 Å². The molecule has 3 aromatic rings. The number of hydrogen-bond acceptors (Lipinski definition) is 7. The average molecular weight is 437 g/mol. The molecule has 1 heterocycles. The molecule has 8 heteroatoms. The maximum absolute atomic E-state index is 5.77. The minimum atomic E-state index is 0.391. The quantitative estimate of drug-likeness (QED) is 0.491. The Balaban J connectivity index is 1.79. The van der Waals surface area contributed by atoms with Gasteiger partial charge < -0.3 is 18.6 Å². The normalized spacial score (nSPS) is 10.6. The molecular weight excluding hydrogens is 420 g/mol. The largest absolute Gasteiger partial charge is 0.493 e. The summed E-state index contributed by atoms with van der Waals surface area (Å²) in [5, 5.41) is 8.72. The van der Waals surface area contributed by atoms with Gasteiger partial charge in [0.2, 0.25) is 11.6 Å². The van der Waals surface area contributed by atoms with Crippen molar-refractivity contribution >= 4 is 27.7 Å². The number of benzene rings is 2. The summed E-state index contributed by atoms with van der Waals surface area (Å²) < 4.78 is 22.9. The Bertz CT molecular complexity index is 858. The fourth-order valence-corrected chi connectivity index (χ4v) is 3.30. The van der Waals surface area contributed by atoms with E-state index in [-0.39, 0.29) is 0 Å². The van der Waals surface area contributed by atoms with E-state index in [0.717, 1.165) is 10.2 Å². The zero-order valence-corrected chi connectivity index (χ0v) is 16.9. The number of rotatable bonds is 7. The van der Waals surface area contributed by atoms with Crippen LogP contribution in [0.5, 0.6) is 17.2 Å². The lowest BCUT2D eigenvalue weighted by Gasteiger charge is -2.12. The van der Waals surface area contributed by atoms with Gasteiger partial charge in [0, 0.05) is 15.8 Å². The second-order valence-electron chi connectivity index (χ2n) is 5.20. The predicted molar refractivity (Wildman–Crippen MR) is 103 cm³/mol. The van der Waals surface area contributed by atoms with E-state index in [2.05, 4.69) is 26.1 Å². The molecule has 136 valence electrons. The molecule has 1 aromatic heterocycles. The molecule has 0 radical (unpaired) electrons. The second-order valence-corrected chi connectivity index (χ2v) is 7.04. The number of methoxy groups -OCH3 is 3. The summed E-state index contributed by atoms with van der Waals surface area (Å²) >= 11 is 4.91. The zero-order chi connectivity index (χ0) is 18.5. The Morgan fingerprint density at radius 3 is 2.19 bits per heavy atom. The van der Waals surface area contributed by atoms with E-state index in [4.69, 9.17) is 18.6 Å². The monoisotopic (exact) mass is 436 g/mol. The van der Waals surface area contributed by atoms with E-state index < -0.39 is 0 Å². The summed E-state index contributed by atoms with van der Waals surface area (Å²) in [5.74, 6) is 2.71. The van der Waals surface area contributed by atoms with Gasteiger partial charge in [-0.1, -0.05) is 39.8 Å². The van der Waals surface area contributed by atoms with Crippen molar-refractivity contribution in [2.75, 3.05) is 21.3 Å². The lowest BCUT2D eigenvalue weighted by atomic mass is 10.2. The highest BCUT2D eigenvalue weighted by Gasteiger charge is 2.17. The van der Waals surface area contributed by atoms with Crippen LogP contribution in [0.1, 0.15) is 5.56 Å². The molecule has 0 N–H and O–H groups in total. The maximum atomic E-state index is 5.77. The Morgan fingerprint density at radius 1 is 0.962 bits per heavy atom. The third-order valence-electron chi connectivity index (χ3n) is 3.59. The van der Waals surface area contributed by atoms with Crippen molar-refractivity contribution in [1.29, 1.82) is 0 Å². The average Bonchev–Trinajstić information content (AvgIpc) is 3.15. The van der Waals surface area contributed by atoms with E-state index >= 15 is 0 Å². The molecular formula is C18H17BrN2O4S. The van der Waals surface area contributed by atoms with Gasteiger partial charge in [-0.2, -0.15) is 0 Å². The molecule has 0 saturated carbocycles. The smallest absolute Gasteiger partial charge is 0.277 e. The Kier molecular flexibility index (Phi) is 6.05. The summed E-state index contributed by atoms with van der Waals surface area (Å²) in [6.07, 6.45) is 0. The topological polar surface area (TPSA) is 66.6 Å². The number of hydrogen-bond donors (Lipinski definition) is 0. The molecule has 0 bridgehead atoms. The summed E-state index contributed by atoms with van der Waals surface area (Å²) in [4.78, 5) is 0. The van der Waals surface area contributed by atoms with Gasteiger partial charge in [-0.3, -0.25) is 0 Å². The van der Waals surface area contributed by atoms with Crippen molar-refractivity contribution in [2.45, 2.75) is 11.0 Å². The molecule has 0 aliphatic heterocycles. The molecule has 0 unspecified atom stereocenters. The summed E-state index contributed by atoms with van der Waals surface area (Å²) in [6.45, 7) is 0. The van der Waals surface area contributed by atoms with Crippen LogP contribution in [0.4, 0.5) is 0 Å². The lowest BCUT2D eigenvalue weighted by Crippen LogP contribution is -1.95. The first-order valence-corrected chi connectivity index (χ1v) is 9.43. The molecule has 2 aromatic carbocycles. The Morgan fingerprint density at radius 2 is 1.62 bits per heavy atom. The van der Waals surface area contributed by atoms with Gasteiger partial charge in [-0.05, 0) is 29.8 Å². The van der Waals surface area contributed by atoms with Gasteiger partial charge in [-0.15, -0.1) is 10.2 Å². The third kappa shape index (κ3) is 4.13. The van der Waals surface area contributed by atoms with Crippen LogP contribution in [-0.2, 0) is 5.75 Å². The first kappa shape index (κ1) is 18.6. The molecule has 6 nitrogen and oxygen atoms in total. The van der Waals surface area contributed by atoms with Crippen LogP contribution >= 0.6 is 27.7 Å². The summed E-state index contributed by atoms with van der Waals surface area (Å²) in [7, 11) is 4.69. The van der Waals surface area contributed by atoms with Crippen LogP contribution in [0.3, 0.4) is 0 Å². The minimum absolute atomic E-state index is 0.391. The lowest BCUT2D eigenvalue weighted by molar-refractivity contribution is 0.324. The van der Waals surface area contributed by atoms with Crippen LogP contribution in [0.2, 0.25) is 0 Å². The fraction of sp³-hybridized carbons (Fsp3) is 0.222. The highest BCUT2D eigenvalue weighted by Crippen LogP contribution is 2.41. The van der Waals surface area contributed by atoms with Crippen molar-refractivity contribution in [3.05, 3.63) is 46.4 Å². The fourth-order valence-electron chi connectivity index (χ4n) is 2.32. The third-order valence-corrected chi connectivity index (χ3v) is 5.01. The molecule has 0 aliphatic rings. The number of halogens is 1. The molecule has 0 saturated heterocycles. The van der Waals surface area contributed by atoms with Crippen LogP contribution in [-0.4, -0.2) is 31.5 Å². The standard InChI is InChI=1S/C18H17BrN2O4S/c1-22-14-8-12(9-15(23-2)16(14)24-3)17-20-21-18(25-17)26-10-11-4-6-13(19)7-5-11/h4-9H,10H2,1-3H3. The van der Waals surface area contributed by atoms with E-state index in [1.54, 1.807) is 33.5 Å². The molecule has 0 spiro atoms. The van der Waals surface area contributed by atoms with Crippen molar-refractivity contribution in [3.8, 4) is 28.7 Å². The molecule has 0 atom stereocenters. The number of ether oxygens (including phenoxy) is 3. The highest BCUT2D eigenvalue weighted by atomic mass is 79.9. The SMILES string of the molecule is COc1cc(-c2nnc(SCc3ccc(Br)cc3)o2)cc(OC)c1OC. The van der Waals surface area contributed by atoms with Gasteiger partial charge >= 0.3 is 0 Å². The highest BCUT2D eigenvalue weighted by molar-refractivity contribution is 9.10. The van der Waals surface area contributed by atoms with Crippen molar-refractivity contribution < 1.29 is 18.6 Å². The first-order chi connectivity index (χ1) is 12.6. The number of thioether (sulfide) groups is 1. The maximum Gasteiger partial charge on any atom is 0.277 e. The van der Waals surface area contributed by atoms with Crippen LogP contribution in [0.25, 0.3) is 11.5 Å². The first-order valence-electron chi connectivity index (χ1n) is 7.65. The second kappa shape index (κ2) is 8.46. The summed E-state index contributed by atoms with van der Waals surface area (Å²) in [5.41, 5.74) is 1.87. The molecule has 0 aliphatic carbocycles. The van der Waals surface area contributed by atoms with Crippen LogP contribution < -0.4 is 14.2 Å². The predicted octanol–water partition coefficient (Wildman–Crippen LogP) is 4.82. The Hall–Kier alpha value is -2.19. The van der Waals surface area contributed by atoms with Gasteiger partial charge in [0.15, 0.2) is 11.5 Å². The number of aromatic nitrogens is 2. The van der Waals surface area contributed by atoms with E-state index in [9.17, 15) is 0 Å². The molecule has 0 fully saturated rings. The summed E-state index contributed by atoms with van der Waals surface area (Å²) in [6, 6.07) is 11.7. The molecule has 26 heavy (non-hydrogen) atoms. The van der Waals surface area contributed by atoms with Crippen molar-refractivity contribution in [3.63, 3.8) is 0 Å². The molecule has 3 rings (SSSR count). The van der Waals surface area contributed by atoms with E-state index in [0.29, 0.717) is 33.9 Å². The zero-order valence-electron chi connectivity index (χ0n) is 14.5. The van der Waals surface area contributed by atoms with E-state index in [1.807, 2.05) is 24.3 Å². The van der Waals surface area contributed by atoms with E-state index in [1.165, 1.54) is 17.3 Å².